The Bertz CT molecular complexity index is 887. The van der Waals surface area contributed by atoms with Gasteiger partial charge in [-0.15, -0.1) is 11.3 Å². The predicted molar refractivity (Wildman–Crippen MR) is 105 cm³/mol. The number of para-hydroxylation sites is 1. The number of rotatable bonds is 5. The van der Waals surface area contributed by atoms with Gasteiger partial charge in [0.05, 0.1) is 12.1 Å². The third-order valence-electron chi connectivity index (χ3n) is 3.71. The zero-order chi connectivity index (χ0) is 17.8. The van der Waals surface area contributed by atoms with Crippen LogP contribution < -0.4 is 10.6 Å². The standard InChI is InChI=1S/C19H18ClN3OS/c1-12-5-3-6-13(2)18(12)23-17(24)10-16-11-25-19(22-16)21-15-8-4-7-14(20)9-15/h3-9,11H,10H2,1-2H3,(H,21,22)(H,23,24). The third-order valence-corrected chi connectivity index (χ3v) is 4.76. The van der Waals surface area contributed by atoms with E-state index in [1.165, 1.54) is 11.3 Å². The number of nitrogens with one attached hydrogen (secondary N) is 2. The van der Waals surface area contributed by atoms with Crippen molar-refractivity contribution in [3.8, 4) is 0 Å². The van der Waals surface area contributed by atoms with Crippen LogP contribution in [0.1, 0.15) is 16.8 Å². The van der Waals surface area contributed by atoms with Crippen molar-refractivity contribution in [3.05, 3.63) is 69.7 Å². The summed E-state index contributed by atoms with van der Waals surface area (Å²) in [5.41, 5.74) is 4.58. The highest BCUT2D eigenvalue weighted by Crippen LogP contribution is 2.24. The minimum Gasteiger partial charge on any atom is -0.331 e. The molecule has 4 nitrogen and oxygen atoms in total. The van der Waals surface area contributed by atoms with Gasteiger partial charge in [-0.1, -0.05) is 35.9 Å². The minimum atomic E-state index is -0.0722. The number of hydrogen-bond donors (Lipinski definition) is 2. The molecular weight excluding hydrogens is 354 g/mol. The maximum absolute atomic E-state index is 12.3. The van der Waals surface area contributed by atoms with E-state index in [0.29, 0.717) is 5.02 Å². The second-order valence-corrected chi connectivity index (χ2v) is 7.07. The minimum absolute atomic E-state index is 0.0722. The number of anilines is 3. The van der Waals surface area contributed by atoms with Crippen molar-refractivity contribution in [2.24, 2.45) is 0 Å². The molecule has 0 aliphatic heterocycles. The Balaban J connectivity index is 1.64. The van der Waals surface area contributed by atoms with Crippen LogP contribution in [0.25, 0.3) is 0 Å². The smallest absolute Gasteiger partial charge is 0.230 e. The molecule has 0 saturated carbocycles. The van der Waals surface area contributed by atoms with Crippen molar-refractivity contribution >= 4 is 45.4 Å². The number of benzene rings is 2. The Morgan fingerprint density at radius 1 is 1.16 bits per heavy atom. The first-order chi connectivity index (χ1) is 12.0. The summed E-state index contributed by atoms with van der Waals surface area (Å²) in [7, 11) is 0. The Kier molecular flexibility index (Phi) is 5.36. The van der Waals surface area contributed by atoms with E-state index in [0.717, 1.165) is 33.3 Å². The lowest BCUT2D eigenvalue weighted by molar-refractivity contribution is -0.115. The lowest BCUT2D eigenvalue weighted by atomic mass is 10.1. The van der Waals surface area contributed by atoms with Gasteiger partial charge in [0.2, 0.25) is 5.91 Å². The van der Waals surface area contributed by atoms with Crippen LogP contribution in [0.15, 0.2) is 47.8 Å². The topological polar surface area (TPSA) is 54.0 Å². The molecule has 128 valence electrons. The molecule has 25 heavy (non-hydrogen) atoms. The molecule has 1 heterocycles. The van der Waals surface area contributed by atoms with Crippen molar-refractivity contribution in [2.75, 3.05) is 10.6 Å². The Morgan fingerprint density at radius 3 is 2.60 bits per heavy atom. The Labute approximate surface area is 155 Å². The summed E-state index contributed by atoms with van der Waals surface area (Å²) in [6.45, 7) is 3.97. The Morgan fingerprint density at radius 2 is 1.88 bits per heavy atom. The Hall–Kier alpha value is -2.37. The summed E-state index contributed by atoms with van der Waals surface area (Å²) >= 11 is 7.44. The van der Waals surface area contributed by atoms with Crippen molar-refractivity contribution in [1.82, 2.24) is 4.98 Å². The van der Waals surface area contributed by atoms with Gasteiger partial charge < -0.3 is 10.6 Å². The van der Waals surface area contributed by atoms with Gasteiger partial charge in [-0.25, -0.2) is 4.98 Å². The fourth-order valence-electron chi connectivity index (χ4n) is 2.50. The molecular formula is C19H18ClN3OS. The first-order valence-corrected chi connectivity index (χ1v) is 9.10. The molecule has 1 aromatic heterocycles. The van der Waals surface area contributed by atoms with Gasteiger partial charge in [0.25, 0.3) is 0 Å². The number of halogens is 1. The zero-order valence-electron chi connectivity index (χ0n) is 14.0. The molecule has 0 unspecified atom stereocenters. The summed E-state index contributed by atoms with van der Waals surface area (Å²) in [5.74, 6) is -0.0722. The van der Waals surface area contributed by atoms with E-state index in [9.17, 15) is 4.79 Å². The van der Waals surface area contributed by atoms with E-state index >= 15 is 0 Å². The highest BCUT2D eigenvalue weighted by molar-refractivity contribution is 7.13. The van der Waals surface area contributed by atoms with E-state index in [2.05, 4.69) is 15.6 Å². The van der Waals surface area contributed by atoms with Crippen LogP contribution in [-0.4, -0.2) is 10.9 Å². The van der Waals surface area contributed by atoms with Crippen LogP contribution in [0.4, 0.5) is 16.5 Å². The van der Waals surface area contributed by atoms with Gasteiger partial charge in [0.15, 0.2) is 5.13 Å². The summed E-state index contributed by atoms with van der Waals surface area (Å²) in [5, 5.41) is 9.46. The van der Waals surface area contributed by atoms with Crippen LogP contribution in [0.5, 0.6) is 0 Å². The highest BCUT2D eigenvalue weighted by Gasteiger charge is 2.11. The average Bonchev–Trinajstić information content (AvgIpc) is 2.98. The monoisotopic (exact) mass is 371 g/mol. The first-order valence-electron chi connectivity index (χ1n) is 7.84. The molecule has 0 aliphatic carbocycles. The number of thiazole rings is 1. The molecule has 2 N–H and O–H groups in total. The zero-order valence-corrected chi connectivity index (χ0v) is 15.5. The molecule has 0 aliphatic rings. The van der Waals surface area contributed by atoms with Gasteiger partial charge in [-0.05, 0) is 43.2 Å². The van der Waals surface area contributed by atoms with Crippen molar-refractivity contribution < 1.29 is 4.79 Å². The lowest BCUT2D eigenvalue weighted by Gasteiger charge is -2.10. The SMILES string of the molecule is Cc1cccc(C)c1NC(=O)Cc1csc(Nc2cccc(Cl)c2)n1. The number of aryl methyl sites for hydroxylation is 2. The van der Waals surface area contributed by atoms with Crippen LogP contribution in [0.3, 0.4) is 0 Å². The maximum atomic E-state index is 12.3. The predicted octanol–water partition coefficient (Wildman–Crippen LogP) is 5.34. The van der Waals surface area contributed by atoms with E-state index in [1.54, 1.807) is 0 Å². The number of aromatic nitrogens is 1. The molecule has 3 aromatic rings. The number of nitrogens with zero attached hydrogens (tertiary/aromatic N) is 1. The summed E-state index contributed by atoms with van der Waals surface area (Å²) in [4.78, 5) is 16.8. The fraction of sp³-hybridized carbons (Fsp3) is 0.158. The summed E-state index contributed by atoms with van der Waals surface area (Å²) < 4.78 is 0. The molecule has 3 rings (SSSR count). The van der Waals surface area contributed by atoms with Crippen molar-refractivity contribution in [3.63, 3.8) is 0 Å². The summed E-state index contributed by atoms with van der Waals surface area (Å²) in [6, 6.07) is 13.4. The van der Waals surface area contributed by atoms with Gasteiger partial charge >= 0.3 is 0 Å². The second-order valence-electron chi connectivity index (χ2n) is 5.77. The fourth-order valence-corrected chi connectivity index (χ4v) is 3.42. The molecule has 0 fully saturated rings. The van der Waals surface area contributed by atoms with Crippen LogP contribution in [0, 0.1) is 13.8 Å². The number of hydrogen-bond acceptors (Lipinski definition) is 4. The van der Waals surface area contributed by atoms with E-state index in [-0.39, 0.29) is 12.3 Å². The third kappa shape index (κ3) is 4.59. The van der Waals surface area contributed by atoms with Gasteiger partial charge in [0, 0.05) is 21.8 Å². The number of amides is 1. The first kappa shape index (κ1) is 17.5. The molecule has 0 bridgehead atoms. The lowest BCUT2D eigenvalue weighted by Crippen LogP contribution is -2.16. The van der Waals surface area contributed by atoms with E-state index in [4.69, 9.17) is 11.6 Å². The molecule has 0 saturated heterocycles. The van der Waals surface area contributed by atoms with E-state index < -0.39 is 0 Å². The van der Waals surface area contributed by atoms with E-state index in [1.807, 2.05) is 61.7 Å². The van der Waals surface area contributed by atoms with Crippen LogP contribution in [-0.2, 0) is 11.2 Å². The molecule has 1 amide bonds. The molecule has 6 heteroatoms. The van der Waals surface area contributed by atoms with Gasteiger partial charge in [-0.3, -0.25) is 4.79 Å². The maximum Gasteiger partial charge on any atom is 0.230 e. The number of carbonyl (C=O) groups excluding carboxylic acids is 1. The number of carbonyl (C=O) groups is 1. The van der Waals surface area contributed by atoms with Crippen LogP contribution in [0.2, 0.25) is 5.02 Å². The van der Waals surface area contributed by atoms with Crippen molar-refractivity contribution in [1.29, 1.82) is 0 Å². The molecule has 0 atom stereocenters. The normalized spacial score (nSPS) is 10.5. The summed E-state index contributed by atoms with van der Waals surface area (Å²) in [6.07, 6.45) is 0.238. The van der Waals surface area contributed by atoms with Gasteiger partial charge in [-0.2, -0.15) is 0 Å². The average molecular weight is 372 g/mol. The van der Waals surface area contributed by atoms with Crippen molar-refractivity contribution in [2.45, 2.75) is 20.3 Å². The van der Waals surface area contributed by atoms with Gasteiger partial charge in [0.1, 0.15) is 0 Å². The molecule has 0 spiro atoms. The second kappa shape index (κ2) is 7.68. The largest absolute Gasteiger partial charge is 0.331 e. The van der Waals surface area contributed by atoms with Crippen LogP contribution >= 0.6 is 22.9 Å². The highest BCUT2D eigenvalue weighted by atomic mass is 35.5. The quantitative estimate of drug-likeness (QED) is 0.636. The molecule has 2 aromatic carbocycles. The molecule has 0 radical (unpaired) electrons.